The third-order valence-electron chi connectivity index (χ3n) is 4.27. The van der Waals surface area contributed by atoms with E-state index in [1.54, 1.807) is 49.6 Å². The van der Waals surface area contributed by atoms with Gasteiger partial charge in [-0.1, -0.05) is 18.2 Å². The van der Waals surface area contributed by atoms with Gasteiger partial charge in [-0.2, -0.15) is 0 Å². The van der Waals surface area contributed by atoms with Gasteiger partial charge in [-0.3, -0.25) is 9.78 Å². The largest absolute Gasteiger partial charge is 0.497 e. The molecule has 1 heterocycles. The maximum atomic E-state index is 14.3. The summed E-state index contributed by atoms with van der Waals surface area (Å²) >= 11 is 0. The monoisotopic (exact) mass is 396 g/mol. The van der Waals surface area contributed by atoms with Crippen LogP contribution in [-0.4, -0.2) is 25.1 Å². The highest BCUT2D eigenvalue weighted by atomic mass is 19.1. The zero-order chi connectivity index (χ0) is 20.6. The second-order valence-electron chi connectivity index (χ2n) is 6.10. The number of nitrogens with zero attached hydrogens (tertiary/aromatic N) is 1. The van der Waals surface area contributed by atoms with Gasteiger partial charge in [0.2, 0.25) is 6.10 Å². The molecule has 0 bridgehead atoms. The van der Waals surface area contributed by atoms with E-state index in [1.165, 1.54) is 19.4 Å². The van der Waals surface area contributed by atoms with Crippen LogP contribution in [-0.2, 0) is 11.3 Å². The molecular formula is C22H21FN2O4. The van der Waals surface area contributed by atoms with Crippen LogP contribution >= 0.6 is 0 Å². The fourth-order valence-corrected chi connectivity index (χ4v) is 2.76. The summed E-state index contributed by atoms with van der Waals surface area (Å²) in [6.07, 6.45) is 1.29. The maximum Gasteiger partial charge on any atom is 0.266 e. The number of rotatable bonds is 8. The summed E-state index contributed by atoms with van der Waals surface area (Å²) in [6, 6.07) is 15.5. The van der Waals surface area contributed by atoms with Crippen molar-refractivity contribution in [1.29, 1.82) is 0 Å². The van der Waals surface area contributed by atoms with Gasteiger partial charge in [-0.15, -0.1) is 0 Å². The average Bonchev–Trinajstić information content (AvgIpc) is 2.77. The minimum Gasteiger partial charge on any atom is -0.497 e. The number of aromatic nitrogens is 1. The second-order valence-corrected chi connectivity index (χ2v) is 6.10. The van der Waals surface area contributed by atoms with Crippen LogP contribution < -0.4 is 19.5 Å². The summed E-state index contributed by atoms with van der Waals surface area (Å²) in [6.45, 7) is 0.174. The van der Waals surface area contributed by atoms with Crippen molar-refractivity contribution in [3.63, 3.8) is 0 Å². The topological polar surface area (TPSA) is 69.7 Å². The Kier molecular flexibility index (Phi) is 6.63. The smallest absolute Gasteiger partial charge is 0.266 e. The van der Waals surface area contributed by atoms with Gasteiger partial charge in [0, 0.05) is 29.9 Å². The molecule has 7 heteroatoms. The van der Waals surface area contributed by atoms with Gasteiger partial charge in [0.1, 0.15) is 23.1 Å². The Morgan fingerprint density at radius 3 is 2.55 bits per heavy atom. The van der Waals surface area contributed by atoms with E-state index in [9.17, 15) is 9.18 Å². The number of para-hydroxylation sites is 1. The summed E-state index contributed by atoms with van der Waals surface area (Å²) in [5.74, 6) is 0.551. The molecule has 0 unspecified atom stereocenters. The van der Waals surface area contributed by atoms with Gasteiger partial charge in [0.15, 0.2) is 0 Å². The zero-order valence-electron chi connectivity index (χ0n) is 16.1. The Bertz CT molecular complexity index is 966. The highest BCUT2D eigenvalue weighted by Gasteiger charge is 2.26. The van der Waals surface area contributed by atoms with Crippen LogP contribution in [0.2, 0.25) is 0 Å². The number of carbonyl (C=O) groups excluding carboxylic acids is 1. The lowest BCUT2D eigenvalue weighted by atomic mass is 10.1. The molecule has 1 N–H and O–H groups in total. The Labute approximate surface area is 168 Å². The molecule has 0 aliphatic heterocycles. The molecular weight excluding hydrogens is 375 g/mol. The molecule has 29 heavy (non-hydrogen) atoms. The number of carbonyl (C=O) groups is 1. The molecule has 0 spiro atoms. The number of ether oxygens (including phenoxy) is 3. The molecule has 1 aromatic heterocycles. The van der Waals surface area contributed by atoms with Crippen molar-refractivity contribution in [3.05, 3.63) is 83.9 Å². The molecule has 0 radical (unpaired) electrons. The first kappa shape index (κ1) is 20.1. The van der Waals surface area contributed by atoms with E-state index in [0.717, 1.165) is 11.8 Å². The van der Waals surface area contributed by atoms with E-state index < -0.39 is 17.8 Å². The van der Waals surface area contributed by atoms with Gasteiger partial charge in [0.05, 0.1) is 20.4 Å². The highest BCUT2D eigenvalue weighted by Crippen LogP contribution is 2.26. The van der Waals surface area contributed by atoms with E-state index in [4.69, 9.17) is 14.2 Å². The molecule has 2 aromatic carbocycles. The molecule has 0 aliphatic carbocycles. The number of methoxy groups -OCH3 is 2. The van der Waals surface area contributed by atoms with Crippen LogP contribution in [0.15, 0.2) is 67.0 Å². The Morgan fingerprint density at radius 1 is 1.07 bits per heavy atom. The van der Waals surface area contributed by atoms with Gasteiger partial charge in [-0.25, -0.2) is 4.39 Å². The third kappa shape index (κ3) is 5.01. The Balaban J connectivity index is 1.81. The fraction of sp³-hybridized carbons (Fsp3) is 0.182. The van der Waals surface area contributed by atoms with E-state index in [1.807, 2.05) is 6.07 Å². The molecule has 1 amide bonds. The van der Waals surface area contributed by atoms with Gasteiger partial charge >= 0.3 is 0 Å². The zero-order valence-corrected chi connectivity index (χ0v) is 16.1. The van der Waals surface area contributed by atoms with Crippen molar-refractivity contribution in [2.45, 2.75) is 12.6 Å². The highest BCUT2D eigenvalue weighted by molar-refractivity contribution is 5.82. The number of benzene rings is 2. The number of hydrogen-bond acceptors (Lipinski definition) is 5. The van der Waals surface area contributed by atoms with E-state index in [-0.39, 0.29) is 12.1 Å². The molecule has 6 nitrogen and oxygen atoms in total. The molecule has 0 aliphatic rings. The minimum atomic E-state index is -1.18. The number of hydrogen-bond donors (Lipinski definition) is 1. The minimum absolute atomic E-state index is 0.100. The Hall–Kier alpha value is -3.61. The fourth-order valence-electron chi connectivity index (χ4n) is 2.76. The van der Waals surface area contributed by atoms with Crippen LogP contribution in [0.4, 0.5) is 4.39 Å². The summed E-state index contributed by atoms with van der Waals surface area (Å²) < 4.78 is 30.6. The molecule has 3 rings (SSSR count). The SMILES string of the molecule is COc1ccc(CNC(=O)[C@@H](Oc2ccccc2)c2ccncc2F)c(OC)c1. The summed E-state index contributed by atoms with van der Waals surface area (Å²) in [5.41, 5.74) is 0.846. The molecule has 3 aromatic rings. The predicted molar refractivity (Wildman–Crippen MR) is 105 cm³/mol. The van der Waals surface area contributed by atoms with Crippen molar-refractivity contribution in [3.8, 4) is 17.2 Å². The lowest BCUT2D eigenvalue weighted by molar-refractivity contribution is -0.128. The maximum absolute atomic E-state index is 14.3. The molecule has 0 saturated heterocycles. The molecule has 150 valence electrons. The van der Waals surface area contributed by atoms with Crippen LogP contribution in [0.25, 0.3) is 0 Å². The van der Waals surface area contributed by atoms with Crippen molar-refractivity contribution in [2.75, 3.05) is 14.2 Å². The van der Waals surface area contributed by atoms with Crippen LogP contribution in [0.1, 0.15) is 17.2 Å². The number of pyridine rings is 1. The van der Waals surface area contributed by atoms with E-state index >= 15 is 0 Å². The lowest BCUT2D eigenvalue weighted by Crippen LogP contribution is -2.32. The van der Waals surface area contributed by atoms with Crippen molar-refractivity contribution >= 4 is 5.91 Å². The van der Waals surface area contributed by atoms with Gasteiger partial charge < -0.3 is 19.5 Å². The van der Waals surface area contributed by atoms with E-state index in [0.29, 0.717) is 17.2 Å². The van der Waals surface area contributed by atoms with Crippen molar-refractivity contribution < 1.29 is 23.4 Å². The Morgan fingerprint density at radius 2 is 1.86 bits per heavy atom. The second kappa shape index (κ2) is 9.54. The quantitative estimate of drug-likeness (QED) is 0.629. The molecule has 0 fully saturated rings. The first-order chi connectivity index (χ1) is 14.1. The normalized spacial score (nSPS) is 11.4. The third-order valence-corrected chi connectivity index (χ3v) is 4.27. The molecule has 0 saturated carbocycles. The summed E-state index contributed by atoms with van der Waals surface area (Å²) in [5, 5.41) is 2.79. The average molecular weight is 396 g/mol. The summed E-state index contributed by atoms with van der Waals surface area (Å²) in [7, 11) is 3.10. The van der Waals surface area contributed by atoms with Crippen LogP contribution in [0.5, 0.6) is 17.2 Å². The van der Waals surface area contributed by atoms with Gasteiger partial charge in [0.25, 0.3) is 5.91 Å². The van der Waals surface area contributed by atoms with Gasteiger partial charge in [-0.05, 0) is 30.3 Å². The standard InChI is InChI=1S/C22H21FN2O4/c1-27-17-9-8-15(20(12-17)28-2)13-25-22(26)21(18-10-11-24-14-19(18)23)29-16-6-4-3-5-7-16/h3-12,14,21H,13H2,1-2H3,(H,25,26)/t21-/m0/s1. The van der Waals surface area contributed by atoms with Crippen molar-refractivity contribution in [2.24, 2.45) is 0 Å². The first-order valence-corrected chi connectivity index (χ1v) is 8.92. The number of halogens is 1. The number of nitrogens with one attached hydrogen (secondary N) is 1. The summed E-state index contributed by atoms with van der Waals surface area (Å²) in [4.78, 5) is 16.6. The molecule has 1 atom stereocenters. The number of amides is 1. The lowest BCUT2D eigenvalue weighted by Gasteiger charge is -2.20. The van der Waals surface area contributed by atoms with Crippen LogP contribution in [0.3, 0.4) is 0 Å². The predicted octanol–water partition coefficient (Wildman–Crippen LogP) is 3.67. The van der Waals surface area contributed by atoms with Crippen LogP contribution in [0, 0.1) is 5.82 Å². The van der Waals surface area contributed by atoms with Crippen molar-refractivity contribution in [1.82, 2.24) is 10.3 Å². The first-order valence-electron chi connectivity index (χ1n) is 8.92. The van der Waals surface area contributed by atoms with E-state index in [2.05, 4.69) is 10.3 Å².